The molecule has 1 fully saturated rings. The maximum absolute atomic E-state index is 10.2. The molecule has 5 nitrogen and oxygen atoms in total. The van der Waals surface area contributed by atoms with Crippen molar-refractivity contribution < 1.29 is 9.84 Å². The number of aliphatic hydroxyl groups excluding tert-OH is 1. The number of likely N-dealkylation sites (N-methyl/N-ethyl adjacent to an activating group) is 1. The summed E-state index contributed by atoms with van der Waals surface area (Å²) in [6, 6.07) is 7.95. The first-order valence-corrected chi connectivity index (χ1v) is 7.60. The average molecular weight is 293 g/mol. The zero-order chi connectivity index (χ0) is 15.2. The number of nitrogens with two attached hydrogens (primary N) is 1. The lowest BCUT2D eigenvalue weighted by Crippen LogP contribution is -2.48. The Labute approximate surface area is 127 Å². The van der Waals surface area contributed by atoms with Gasteiger partial charge in [0.1, 0.15) is 18.5 Å². The summed E-state index contributed by atoms with van der Waals surface area (Å²) < 4.78 is 5.60. The number of hydrogen-bond donors (Lipinski definition) is 2. The maximum Gasteiger partial charge on any atom is 0.142 e. The number of hydrogen-bond acceptors (Lipinski definition) is 5. The van der Waals surface area contributed by atoms with Crippen molar-refractivity contribution in [3.63, 3.8) is 0 Å². The van der Waals surface area contributed by atoms with E-state index >= 15 is 0 Å². The Morgan fingerprint density at radius 2 is 2.19 bits per heavy atom. The fourth-order valence-electron chi connectivity index (χ4n) is 2.77. The number of likely N-dealkylation sites (tertiary alicyclic amines) is 1. The predicted octanol–water partition coefficient (Wildman–Crippen LogP) is 1.03. The maximum atomic E-state index is 10.2. The van der Waals surface area contributed by atoms with Crippen molar-refractivity contribution in [3.8, 4) is 5.75 Å². The number of para-hydroxylation sites is 2. The fourth-order valence-corrected chi connectivity index (χ4v) is 2.77. The van der Waals surface area contributed by atoms with Crippen LogP contribution in [0.4, 0.5) is 5.69 Å². The number of aliphatic hydroxyl groups is 1. The van der Waals surface area contributed by atoms with Crippen LogP contribution in [0, 0.1) is 0 Å². The third-order valence-corrected chi connectivity index (χ3v) is 4.03. The van der Waals surface area contributed by atoms with Gasteiger partial charge in [0.05, 0.1) is 5.69 Å². The summed E-state index contributed by atoms with van der Waals surface area (Å²) in [5.74, 6) is 0.640. The van der Waals surface area contributed by atoms with Gasteiger partial charge in [0.15, 0.2) is 0 Å². The molecule has 1 aromatic rings. The lowest BCUT2D eigenvalue weighted by molar-refractivity contribution is 0.0458. The lowest BCUT2D eigenvalue weighted by Gasteiger charge is -2.36. The standard InChI is InChI=1S/C16H27N3O2/c1-18(2)13-6-5-9-19(10-13)11-14(20)12-21-16-8-4-3-7-15(16)17/h3-4,7-8,13-14,20H,5-6,9-12,17H2,1-2H3. The number of piperidine rings is 1. The van der Waals surface area contributed by atoms with Crippen LogP contribution in [-0.4, -0.2) is 67.4 Å². The molecule has 1 aliphatic heterocycles. The Kier molecular flexibility index (Phi) is 5.85. The molecule has 3 N–H and O–H groups in total. The quantitative estimate of drug-likeness (QED) is 0.767. The van der Waals surface area contributed by atoms with Gasteiger partial charge in [-0.3, -0.25) is 4.90 Å². The molecule has 2 unspecified atom stereocenters. The number of benzene rings is 1. The molecule has 1 aromatic carbocycles. The van der Waals surface area contributed by atoms with Gasteiger partial charge in [-0.2, -0.15) is 0 Å². The van der Waals surface area contributed by atoms with E-state index in [0.29, 0.717) is 24.0 Å². The van der Waals surface area contributed by atoms with Gasteiger partial charge in [-0.1, -0.05) is 12.1 Å². The van der Waals surface area contributed by atoms with Crippen molar-refractivity contribution in [3.05, 3.63) is 24.3 Å². The molecule has 21 heavy (non-hydrogen) atoms. The third kappa shape index (κ3) is 4.88. The van der Waals surface area contributed by atoms with Crippen LogP contribution in [0.25, 0.3) is 0 Å². The summed E-state index contributed by atoms with van der Waals surface area (Å²) >= 11 is 0. The number of nitrogen functional groups attached to an aromatic ring is 1. The van der Waals surface area contributed by atoms with E-state index in [2.05, 4.69) is 23.9 Å². The Bertz CT molecular complexity index is 439. The Morgan fingerprint density at radius 1 is 1.43 bits per heavy atom. The second-order valence-electron chi connectivity index (χ2n) is 6.02. The van der Waals surface area contributed by atoms with Crippen LogP contribution >= 0.6 is 0 Å². The molecule has 0 aliphatic carbocycles. The molecular formula is C16H27N3O2. The monoisotopic (exact) mass is 293 g/mol. The molecule has 0 radical (unpaired) electrons. The van der Waals surface area contributed by atoms with Crippen LogP contribution in [0.3, 0.4) is 0 Å². The van der Waals surface area contributed by atoms with Crippen molar-refractivity contribution in [2.75, 3.05) is 46.1 Å². The minimum absolute atomic E-state index is 0.275. The summed E-state index contributed by atoms with van der Waals surface area (Å²) in [5.41, 5.74) is 6.43. The van der Waals surface area contributed by atoms with Gasteiger partial charge in [-0.25, -0.2) is 0 Å². The SMILES string of the molecule is CN(C)C1CCCN(CC(O)COc2ccccc2N)C1. The highest BCUT2D eigenvalue weighted by Crippen LogP contribution is 2.20. The van der Waals surface area contributed by atoms with Gasteiger partial charge in [0, 0.05) is 19.1 Å². The van der Waals surface area contributed by atoms with E-state index in [1.807, 2.05) is 18.2 Å². The van der Waals surface area contributed by atoms with Gasteiger partial charge >= 0.3 is 0 Å². The highest BCUT2D eigenvalue weighted by Gasteiger charge is 2.23. The molecule has 2 atom stereocenters. The van der Waals surface area contributed by atoms with Gasteiger partial charge in [0.25, 0.3) is 0 Å². The first-order chi connectivity index (χ1) is 10.1. The van der Waals surface area contributed by atoms with Gasteiger partial charge < -0.3 is 20.5 Å². The molecule has 2 rings (SSSR count). The largest absolute Gasteiger partial charge is 0.489 e. The first kappa shape index (κ1) is 16.1. The number of β-amino-alcohol motifs (C(OH)–C–C–N with tert-alkyl or cyclic N) is 1. The van der Waals surface area contributed by atoms with Gasteiger partial charge in [-0.05, 0) is 45.6 Å². The van der Waals surface area contributed by atoms with Crippen molar-refractivity contribution in [2.45, 2.75) is 25.0 Å². The van der Waals surface area contributed by atoms with Gasteiger partial charge in [-0.15, -0.1) is 0 Å². The zero-order valence-corrected chi connectivity index (χ0v) is 13.0. The molecule has 0 amide bonds. The Balaban J connectivity index is 1.76. The van der Waals surface area contributed by atoms with E-state index in [1.165, 1.54) is 12.8 Å². The summed E-state index contributed by atoms with van der Waals surface area (Å²) in [7, 11) is 4.23. The molecular weight excluding hydrogens is 266 g/mol. The highest BCUT2D eigenvalue weighted by molar-refractivity contribution is 5.51. The zero-order valence-electron chi connectivity index (χ0n) is 13.0. The molecule has 0 spiro atoms. The molecule has 1 aliphatic rings. The number of rotatable bonds is 6. The smallest absolute Gasteiger partial charge is 0.142 e. The van der Waals surface area contributed by atoms with Crippen molar-refractivity contribution in [1.29, 1.82) is 0 Å². The lowest BCUT2D eigenvalue weighted by atomic mass is 10.0. The molecule has 5 heteroatoms. The summed E-state index contributed by atoms with van der Waals surface area (Å²) in [6.45, 7) is 2.99. The summed E-state index contributed by atoms with van der Waals surface area (Å²) in [5, 5.41) is 10.2. The molecule has 1 heterocycles. The molecule has 118 valence electrons. The summed E-state index contributed by atoms with van der Waals surface area (Å²) in [6.07, 6.45) is 1.92. The number of nitrogens with zero attached hydrogens (tertiary/aromatic N) is 2. The predicted molar refractivity (Wildman–Crippen MR) is 85.5 cm³/mol. The van der Waals surface area contributed by atoms with Crippen molar-refractivity contribution in [2.24, 2.45) is 0 Å². The minimum Gasteiger partial charge on any atom is -0.489 e. The second kappa shape index (κ2) is 7.64. The molecule has 1 saturated heterocycles. The number of ether oxygens (including phenoxy) is 1. The van der Waals surface area contributed by atoms with Crippen molar-refractivity contribution >= 4 is 5.69 Å². The third-order valence-electron chi connectivity index (χ3n) is 4.03. The van der Waals surface area contributed by atoms with Crippen LogP contribution in [0.5, 0.6) is 5.75 Å². The average Bonchev–Trinajstić information content (AvgIpc) is 2.46. The molecule has 0 aromatic heterocycles. The topological polar surface area (TPSA) is 62.0 Å². The second-order valence-corrected chi connectivity index (χ2v) is 6.02. The first-order valence-electron chi connectivity index (χ1n) is 7.60. The van der Waals surface area contributed by atoms with Crippen LogP contribution in [0.2, 0.25) is 0 Å². The fraction of sp³-hybridized carbons (Fsp3) is 0.625. The summed E-state index contributed by atoms with van der Waals surface area (Å²) in [4.78, 5) is 4.58. The van der Waals surface area contributed by atoms with E-state index in [0.717, 1.165) is 13.1 Å². The van der Waals surface area contributed by atoms with E-state index in [4.69, 9.17) is 10.5 Å². The van der Waals surface area contributed by atoms with Crippen LogP contribution < -0.4 is 10.5 Å². The van der Waals surface area contributed by atoms with Crippen LogP contribution in [-0.2, 0) is 0 Å². The van der Waals surface area contributed by atoms with E-state index in [-0.39, 0.29) is 6.61 Å². The number of anilines is 1. The van der Waals surface area contributed by atoms with Gasteiger partial charge in [0.2, 0.25) is 0 Å². The van der Waals surface area contributed by atoms with E-state index in [9.17, 15) is 5.11 Å². The Hall–Kier alpha value is -1.30. The van der Waals surface area contributed by atoms with E-state index < -0.39 is 6.10 Å². The van der Waals surface area contributed by atoms with Crippen LogP contribution in [0.1, 0.15) is 12.8 Å². The Morgan fingerprint density at radius 3 is 2.90 bits per heavy atom. The van der Waals surface area contributed by atoms with Crippen LogP contribution in [0.15, 0.2) is 24.3 Å². The molecule has 0 saturated carbocycles. The molecule has 0 bridgehead atoms. The van der Waals surface area contributed by atoms with E-state index in [1.54, 1.807) is 6.07 Å². The van der Waals surface area contributed by atoms with Crippen molar-refractivity contribution in [1.82, 2.24) is 9.80 Å². The highest BCUT2D eigenvalue weighted by atomic mass is 16.5. The minimum atomic E-state index is -0.495. The normalized spacial score (nSPS) is 21.4.